The van der Waals surface area contributed by atoms with Gasteiger partial charge in [0.2, 0.25) is 11.8 Å². The summed E-state index contributed by atoms with van der Waals surface area (Å²) in [6.07, 6.45) is 5.30. The monoisotopic (exact) mass is 333 g/mol. The van der Waals surface area contributed by atoms with E-state index in [0.29, 0.717) is 24.3 Å². The van der Waals surface area contributed by atoms with Gasteiger partial charge in [-0.3, -0.25) is 14.5 Å². The number of fused-ring (bicyclic) bond motifs is 1. The van der Waals surface area contributed by atoms with Gasteiger partial charge in [0.1, 0.15) is 11.5 Å². The standard InChI is InChI=1S/C21H19NO3/c1-14-6-10-16(11-7-14)25-17-12-8-15(9-13-17)22-20(23)18-4-2-3-5-19(18)21(22)24/h2-3,6-13,18-19H,4-5H2,1H3/t18-,19+. The highest BCUT2D eigenvalue weighted by Gasteiger charge is 2.47. The van der Waals surface area contributed by atoms with E-state index in [4.69, 9.17) is 4.74 Å². The molecule has 1 aliphatic carbocycles. The molecule has 0 N–H and O–H groups in total. The second-order valence-corrected chi connectivity index (χ2v) is 6.58. The first-order chi connectivity index (χ1) is 12.1. The molecular formula is C21H19NO3. The normalized spacial score (nSPS) is 22.2. The van der Waals surface area contributed by atoms with Gasteiger partial charge in [0.05, 0.1) is 17.5 Å². The van der Waals surface area contributed by atoms with Crippen LogP contribution < -0.4 is 9.64 Å². The first-order valence-electron chi connectivity index (χ1n) is 8.51. The summed E-state index contributed by atoms with van der Waals surface area (Å²) in [6.45, 7) is 2.02. The summed E-state index contributed by atoms with van der Waals surface area (Å²) in [5, 5.41) is 0. The molecule has 2 atom stereocenters. The zero-order chi connectivity index (χ0) is 17.4. The summed E-state index contributed by atoms with van der Waals surface area (Å²) in [5.74, 6) is 0.828. The number of imide groups is 1. The quantitative estimate of drug-likeness (QED) is 0.623. The predicted octanol–water partition coefficient (Wildman–Crippen LogP) is 4.24. The Hall–Kier alpha value is -2.88. The van der Waals surface area contributed by atoms with Gasteiger partial charge in [-0.1, -0.05) is 29.8 Å². The van der Waals surface area contributed by atoms with Gasteiger partial charge in [-0.15, -0.1) is 0 Å². The second-order valence-electron chi connectivity index (χ2n) is 6.58. The van der Waals surface area contributed by atoms with Gasteiger partial charge in [-0.05, 0) is 56.2 Å². The minimum Gasteiger partial charge on any atom is -0.457 e. The average Bonchev–Trinajstić information content (AvgIpc) is 2.89. The Morgan fingerprint density at radius 1 is 0.800 bits per heavy atom. The molecule has 1 aliphatic heterocycles. The molecule has 0 aromatic heterocycles. The molecule has 1 saturated heterocycles. The van der Waals surface area contributed by atoms with Crippen LogP contribution in [0.3, 0.4) is 0 Å². The van der Waals surface area contributed by atoms with Crippen LogP contribution in [0.25, 0.3) is 0 Å². The van der Waals surface area contributed by atoms with E-state index in [1.165, 1.54) is 10.5 Å². The topological polar surface area (TPSA) is 46.6 Å². The van der Waals surface area contributed by atoms with E-state index in [9.17, 15) is 9.59 Å². The van der Waals surface area contributed by atoms with E-state index < -0.39 is 0 Å². The molecule has 4 heteroatoms. The van der Waals surface area contributed by atoms with E-state index in [0.717, 1.165) is 5.75 Å². The van der Waals surface area contributed by atoms with E-state index in [2.05, 4.69) is 0 Å². The number of benzene rings is 2. The van der Waals surface area contributed by atoms with Crippen molar-refractivity contribution in [2.24, 2.45) is 11.8 Å². The number of anilines is 1. The fourth-order valence-corrected chi connectivity index (χ4v) is 3.46. The summed E-state index contributed by atoms with van der Waals surface area (Å²) in [6, 6.07) is 14.9. The maximum Gasteiger partial charge on any atom is 0.238 e. The number of nitrogens with zero attached hydrogens (tertiary/aromatic N) is 1. The number of hydrogen-bond donors (Lipinski definition) is 0. The average molecular weight is 333 g/mol. The van der Waals surface area contributed by atoms with Crippen LogP contribution in [0.15, 0.2) is 60.7 Å². The summed E-state index contributed by atoms with van der Waals surface area (Å²) < 4.78 is 5.80. The van der Waals surface area contributed by atoms with Gasteiger partial charge in [0.25, 0.3) is 0 Å². The van der Waals surface area contributed by atoms with Crippen molar-refractivity contribution in [3.8, 4) is 11.5 Å². The number of aryl methyl sites for hydroxylation is 1. The Morgan fingerprint density at radius 3 is 1.80 bits per heavy atom. The van der Waals surface area contributed by atoms with Crippen molar-refractivity contribution >= 4 is 17.5 Å². The number of allylic oxidation sites excluding steroid dienone is 2. The summed E-state index contributed by atoms with van der Waals surface area (Å²) >= 11 is 0. The molecule has 4 rings (SSSR count). The minimum absolute atomic E-state index is 0.0912. The number of amides is 2. The van der Waals surface area contributed by atoms with E-state index >= 15 is 0 Å². The van der Waals surface area contributed by atoms with Crippen LogP contribution >= 0.6 is 0 Å². The minimum atomic E-state index is -0.207. The number of rotatable bonds is 3. The zero-order valence-corrected chi connectivity index (χ0v) is 14.0. The lowest BCUT2D eigenvalue weighted by atomic mass is 9.85. The fraction of sp³-hybridized carbons (Fsp3) is 0.238. The third-order valence-corrected chi connectivity index (χ3v) is 4.86. The highest BCUT2D eigenvalue weighted by atomic mass is 16.5. The molecule has 0 unspecified atom stereocenters. The maximum atomic E-state index is 12.6. The number of hydrogen-bond acceptors (Lipinski definition) is 3. The lowest BCUT2D eigenvalue weighted by molar-refractivity contribution is -0.122. The number of carbonyl (C=O) groups is 2. The summed E-state index contributed by atoms with van der Waals surface area (Å²) in [5.41, 5.74) is 1.78. The van der Waals surface area contributed by atoms with Crippen LogP contribution in [0.5, 0.6) is 11.5 Å². The zero-order valence-electron chi connectivity index (χ0n) is 14.0. The van der Waals surface area contributed by atoms with E-state index in [1.807, 2.05) is 43.3 Å². The van der Waals surface area contributed by atoms with Crippen molar-refractivity contribution in [1.82, 2.24) is 0 Å². The highest BCUT2D eigenvalue weighted by Crippen LogP contribution is 2.38. The molecule has 2 aromatic carbocycles. The molecule has 126 valence electrons. The van der Waals surface area contributed by atoms with Gasteiger partial charge in [-0.2, -0.15) is 0 Å². The van der Waals surface area contributed by atoms with Crippen LogP contribution in [0.1, 0.15) is 18.4 Å². The molecule has 0 radical (unpaired) electrons. The van der Waals surface area contributed by atoms with E-state index in [-0.39, 0.29) is 23.7 Å². The lowest BCUT2D eigenvalue weighted by Gasteiger charge is -2.15. The van der Waals surface area contributed by atoms with Crippen molar-refractivity contribution in [3.05, 3.63) is 66.2 Å². The largest absolute Gasteiger partial charge is 0.457 e. The van der Waals surface area contributed by atoms with Crippen LogP contribution in [0.2, 0.25) is 0 Å². The number of ether oxygens (including phenoxy) is 1. The van der Waals surface area contributed by atoms with Gasteiger partial charge in [0, 0.05) is 0 Å². The van der Waals surface area contributed by atoms with Crippen LogP contribution in [0.4, 0.5) is 5.69 Å². The van der Waals surface area contributed by atoms with Gasteiger partial charge in [-0.25, -0.2) is 0 Å². The molecule has 25 heavy (non-hydrogen) atoms. The van der Waals surface area contributed by atoms with Crippen LogP contribution in [-0.2, 0) is 9.59 Å². The third kappa shape index (κ3) is 2.84. The first kappa shape index (κ1) is 15.6. The van der Waals surface area contributed by atoms with Crippen LogP contribution in [0, 0.1) is 18.8 Å². The maximum absolute atomic E-state index is 12.6. The second kappa shape index (κ2) is 6.20. The van der Waals surface area contributed by atoms with Gasteiger partial charge >= 0.3 is 0 Å². The molecule has 0 bridgehead atoms. The van der Waals surface area contributed by atoms with E-state index in [1.54, 1.807) is 24.3 Å². The van der Waals surface area contributed by atoms with Crippen LogP contribution in [-0.4, -0.2) is 11.8 Å². The molecule has 1 fully saturated rings. The Morgan fingerprint density at radius 2 is 1.28 bits per heavy atom. The first-order valence-corrected chi connectivity index (χ1v) is 8.51. The molecular weight excluding hydrogens is 314 g/mol. The summed E-state index contributed by atoms with van der Waals surface area (Å²) in [4.78, 5) is 26.5. The molecule has 4 nitrogen and oxygen atoms in total. The van der Waals surface area contributed by atoms with Crippen molar-refractivity contribution in [3.63, 3.8) is 0 Å². The van der Waals surface area contributed by atoms with Crippen molar-refractivity contribution in [1.29, 1.82) is 0 Å². The number of carbonyl (C=O) groups excluding carboxylic acids is 2. The Kier molecular flexibility index (Phi) is 3.88. The lowest BCUT2D eigenvalue weighted by Crippen LogP contribution is -2.30. The molecule has 0 saturated carbocycles. The highest BCUT2D eigenvalue weighted by molar-refractivity contribution is 6.22. The van der Waals surface area contributed by atoms with Gasteiger partial charge in [0.15, 0.2) is 0 Å². The van der Waals surface area contributed by atoms with Crippen molar-refractivity contribution < 1.29 is 14.3 Å². The predicted molar refractivity (Wildman–Crippen MR) is 95.5 cm³/mol. The fourth-order valence-electron chi connectivity index (χ4n) is 3.46. The summed E-state index contributed by atoms with van der Waals surface area (Å²) in [7, 11) is 0. The van der Waals surface area contributed by atoms with Gasteiger partial charge < -0.3 is 4.74 Å². The molecule has 2 amide bonds. The van der Waals surface area contributed by atoms with Crippen molar-refractivity contribution in [2.45, 2.75) is 19.8 Å². The Balaban J connectivity index is 1.53. The van der Waals surface area contributed by atoms with Crippen molar-refractivity contribution in [2.75, 3.05) is 4.90 Å². The smallest absolute Gasteiger partial charge is 0.238 e. The molecule has 0 spiro atoms. The molecule has 2 aliphatic rings. The Bertz CT molecular complexity index is 810. The third-order valence-electron chi connectivity index (χ3n) is 4.86. The molecule has 2 aromatic rings. The Labute approximate surface area is 146 Å². The molecule has 1 heterocycles. The SMILES string of the molecule is Cc1ccc(Oc2ccc(N3C(=O)[C@H]4CC=CC[C@H]4C3=O)cc2)cc1.